The first-order valence-corrected chi connectivity index (χ1v) is 10.6. The summed E-state index contributed by atoms with van der Waals surface area (Å²) < 4.78 is 31.7. The Hall–Kier alpha value is -4.54. The summed E-state index contributed by atoms with van der Waals surface area (Å²) in [6.07, 6.45) is -0.0651. The predicted octanol–water partition coefficient (Wildman–Crippen LogP) is 5.39. The van der Waals surface area contributed by atoms with Crippen LogP contribution in [0.5, 0.6) is 0 Å². The van der Waals surface area contributed by atoms with E-state index in [2.05, 4.69) is 25.6 Å². The van der Waals surface area contributed by atoms with Gasteiger partial charge >= 0.3 is 12.1 Å². The van der Waals surface area contributed by atoms with E-state index in [0.717, 1.165) is 27.8 Å². The molecule has 0 radical (unpaired) electrons. The number of amides is 1. The number of carboxylic acids is 1. The number of rotatable bonds is 5. The van der Waals surface area contributed by atoms with Crippen molar-refractivity contribution in [2.45, 2.75) is 26.1 Å². The minimum Gasteiger partial charge on any atom is -0.475 e. The first-order chi connectivity index (χ1) is 17.0. The Morgan fingerprint density at radius 2 is 1.67 bits per heavy atom. The van der Waals surface area contributed by atoms with Gasteiger partial charge in [0, 0.05) is 18.1 Å². The number of aromatic nitrogens is 3. The largest absolute Gasteiger partial charge is 0.490 e. The molecule has 0 spiro atoms. The van der Waals surface area contributed by atoms with Gasteiger partial charge in [0.1, 0.15) is 5.82 Å². The van der Waals surface area contributed by atoms with E-state index in [0.29, 0.717) is 11.4 Å². The minimum atomic E-state index is -5.08. The number of pyridine rings is 1. The van der Waals surface area contributed by atoms with E-state index in [1.165, 1.54) is 0 Å². The highest BCUT2D eigenvalue weighted by Gasteiger charge is 2.38. The van der Waals surface area contributed by atoms with Crippen molar-refractivity contribution in [3.63, 3.8) is 0 Å². The molecule has 186 valence electrons. The van der Waals surface area contributed by atoms with Gasteiger partial charge in [0.25, 0.3) is 5.91 Å². The molecule has 0 saturated carbocycles. The van der Waals surface area contributed by atoms with Gasteiger partial charge in [-0.05, 0) is 55.3 Å². The van der Waals surface area contributed by atoms with Gasteiger partial charge in [-0.1, -0.05) is 24.3 Å². The zero-order chi connectivity index (χ0) is 26.3. The van der Waals surface area contributed by atoms with E-state index in [9.17, 15) is 18.0 Å². The number of alkyl halides is 3. The van der Waals surface area contributed by atoms with Gasteiger partial charge < -0.3 is 15.7 Å². The molecule has 0 aliphatic carbocycles. The Morgan fingerprint density at radius 1 is 0.972 bits per heavy atom. The summed E-state index contributed by atoms with van der Waals surface area (Å²) in [5, 5.41) is 13.4. The molecule has 0 bridgehead atoms. The molecule has 0 aliphatic rings. The number of hydrogen-bond acceptors (Lipinski definition) is 6. The average molecular weight is 497 g/mol. The lowest BCUT2D eigenvalue weighted by Gasteiger charge is -2.16. The Kier molecular flexibility index (Phi) is 8.15. The molecule has 0 unspecified atom stereocenters. The van der Waals surface area contributed by atoms with Crippen molar-refractivity contribution in [2.24, 2.45) is 0 Å². The van der Waals surface area contributed by atoms with Gasteiger partial charge in [-0.15, -0.1) is 0 Å². The highest BCUT2D eigenvalue weighted by atomic mass is 19.4. The molecule has 2 heterocycles. The second kappa shape index (κ2) is 11.3. The molecule has 11 heteroatoms. The van der Waals surface area contributed by atoms with Gasteiger partial charge in [-0.25, -0.2) is 9.78 Å². The Morgan fingerprint density at radius 3 is 2.33 bits per heavy atom. The van der Waals surface area contributed by atoms with E-state index in [4.69, 9.17) is 9.90 Å². The number of carbonyl (C=O) groups is 2. The van der Waals surface area contributed by atoms with Crippen LogP contribution in [-0.4, -0.2) is 38.1 Å². The first-order valence-electron chi connectivity index (χ1n) is 10.6. The van der Waals surface area contributed by atoms with Crippen LogP contribution in [0.15, 0.2) is 73.2 Å². The van der Waals surface area contributed by atoms with E-state index in [1.54, 1.807) is 18.6 Å². The molecule has 0 saturated heterocycles. The van der Waals surface area contributed by atoms with Gasteiger partial charge in [-0.2, -0.15) is 13.2 Å². The fourth-order valence-electron chi connectivity index (χ4n) is 3.10. The zero-order valence-corrected chi connectivity index (χ0v) is 19.2. The smallest absolute Gasteiger partial charge is 0.475 e. The van der Waals surface area contributed by atoms with Gasteiger partial charge in [-0.3, -0.25) is 14.8 Å². The molecular formula is C25H22F3N5O3. The number of hydrogen-bond donors (Lipinski definition) is 3. The molecule has 0 aliphatic heterocycles. The van der Waals surface area contributed by atoms with Crippen LogP contribution in [0.3, 0.4) is 0 Å². The van der Waals surface area contributed by atoms with Crippen LogP contribution in [0.1, 0.15) is 34.5 Å². The highest BCUT2D eigenvalue weighted by molar-refractivity contribution is 6.04. The van der Waals surface area contributed by atoms with Crippen molar-refractivity contribution in [1.82, 2.24) is 15.0 Å². The summed E-state index contributed by atoms with van der Waals surface area (Å²) in [5.74, 6) is -2.23. The average Bonchev–Trinajstić information content (AvgIpc) is 2.84. The number of aliphatic carboxylic acids is 1. The third kappa shape index (κ3) is 7.23. The number of carboxylic acid groups (broad SMARTS) is 1. The molecule has 0 fully saturated rings. The summed E-state index contributed by atoms with van der Waals surface area (Å²) in [5.41, 5.74) is 4.94. The van der Waals surface area contributed by atoms with Crippen molar-refractivity contribution in [1.29, 1.82) is 0 Å². The fraction of sp³-hybridized carbons (Fsp3) is 0.160. The van der Waals surface area contributed by atoms with Crippen molar-refractivity contribution < 1.29 is 27.9 Å². The van der Waals surface area contributed by atoms with Crippen LogP contribution >= 0.6 is 0 Å². The summed E-state index contributed by atoms with van der Waals surface area (Å²) in [6.45, 7) is 3.95. The quantitative estimate of drug-likeness (QED) is 0.338. The topological polar surface area (TPSA) is 117 Å². The molecule has 4 aromatic rings. The summed E-state index contributed by atoms with van der Waals surface area (Å²) in [4.78, 5) is 34.5. The molecular weight excluding hydrogens is 475 g/mol. The summed E-state index contributed by atoms with van der Waals surface area (Å²) in [6, 6.07) is 17.3. The molecule has 2 aromatic heterocycles. The second-order valence-corrected chi connectivity index (χ2v) is 7.74. The maximum atomic E-state index is 12.5. The number of anilines is 2. The molecule has 36 heavy (non-hydrogen) atoms. The Balaban J connectivity index is 0.000000454. The summed E-state index contributed by atoms with van der Waals surface area (Å²) in [7, 11) is 0. The number of fused-ring (bicyclic) bond motifs is 1. The molecule has 2 aromatic carbocycles. The van der Waals surface area contributed by atoms with Gasteiger partial charge in [0.05, 0.1) is 28.8 Å². The Labute approximate surface area is 204 Å². The number of aryl methyl sites for hydroxylation is 1. The maximum absolute atomic E-state index is 12.5. The number of para-hydroxylation sites is 2. The zero-order valence-electron chi connectivity index (χ0n) is 19.2. The highest BCUT2D eigenvalue weighted by Crippen LogP contribution is 2.22. The molecule has 1 atom stereocenters. The number of nitrogens with one attached hydrogen (secondary N) is 2. The summed E-state index contributed by atoms with van der Waals surface area (Å²) >= 11 is 0. The lowest BCUT2D eigenvalue weighted by atomic mass is 10.1. The Bertz CT molecular complexity index is 1380. The molecule has 3 N–H and O–H groups in total. The van der Waals surface area contributed by atoms with Gasteiger partial charge in [0.15, 0.2) is 0 Å². The maximum Gasteiger partial charge on any atom is 0.490 e. The first kappa shape index (κ1) is 26.1. The molecule has 1 amide bonds. The SMILES string of the molecule is Cc1cncc(C(=O)Nc2cccc([C@H](C)Nc3cnc4ccccc4n3)c2)c1.O=C(O)C(F)(F)F. The lowest BCUT2D eigenvalue weighted by molar-refractivity contribution is -0.192. The normalized spacial score (nSPS) is 11.7. The monoisotopic (exact) mass is 497 g/mol. The number of benzene rings is 2. The lowest BCUT2D eigenvalue weighted by Crippen LogP contribution is -2.21. The standard InChI is InChI=1S/C23H21N5O.C2HF3O2/c1-15-10-18(13-24-12-15)23(29)27-19-7-5-6-17(11-19)16(2)26-22-14-25-20-8-3-4-9-21(20)28-22;3-2(4,5)1(6)7/h3-14,16H,1-2H3,(H,26,28)(H,27,29);(H,6,7)/t16-;/m0./s1. The van der Waals surface area contributed by atoms with Crippen LogP contribution in [0.25, 0.3) is 11.0 Å². The van der Waals surface area contributed by atoms with Crippen LogP contribution in [0, 0.1) is 6.92 Å². The van der Waals surface area contributed by atoms with E-state index >= 15 is 0 Å². The molecule has 4 rings (SSSR count). The van der Waals surface area contributed by atoms with Crippen molar-refractivity contribution in [2.75, 3.05) is 10.6 Å². The molecule has 8 nitrogen and oxygen atoms in total. The second-order valence-electron chi connectivity index (χ2n) is 7.74. The van der Waals surface area contributed by atoms with E-state index in [-0.39, 0.29) is 11.9 Å². The third-order valence-corrected chi connectivity index (χ3v) is 4.84. The third-order valence-electron chi connectivity index (χ3n) is 4.84. The van der Waals surface area contributed by atoms with E-state index in [1.807, 2.05) is 68.4 Å². The van der Waals surface area contributed by atoms with Crippen LogP contribution in [0.4, 0.5) is 24.7 Å². The van der Waals surface area contributed by atoms with E-state index < -0.39 is 12.1 Å². The van der Waals surface area contributed by atoms with Crippen LogP contribution < -0.4 is 10.6 Å². The van der Waals surface area contributed by atoms with Crippen LogP contribution in [0.2, 0.25) is 0 Å². The predicted molar refractivity (Wildman–Crippen MR) is 129 cm³/mol. The number of carbonyl (C=O) groups excluding carboxylic acids is 1. The van der Waals surface area contributed by atoms with Crippen molar-refractivity contribution in [3.05, 3.63) is 89.9 Å². The van der Waals surface area contributed by atoms with Gasteiger partial charge in [0.2, 0.25) is 0 Å². The van der Waals surface area contributed by atoms with Crippen molar-refractivity contribution in [3.8, 4) is 0 Å². The number of halogens is 3. The van der Waals surface area contributed by atoms with Crippen molar-refractivity contribution >= 4 is 34.4 Å². The minimum absolute atomic E-state index is 0.0112. The number of nitrogens with zero attached hydrogens (tertiary/aromatic N) is 3. The van der Waals surface area contributed by atoms with Crippen LogP contribution in [-0.2, 0) is 4.79 Å². The fourth-order valence-corrected chi connectivity index (χ4v) is 3.10.